The van der Waals surface area contributed by atoms with E-state index in [0.29, 0.717) is 6.42 Å². The van der Waals surface area contributed by atoms with E-state index in [-0.39, 0.29) is 0 Å². The van der Waals surface area contributed by atoms with Gasteiger partial charge < -0.3 is 30.9 Å². The van der Waals surface area contributed by atoms with E-state index in [1.54, 1.807) is 6.92 Å². The Hall–Kier alpha value is -0.240. The minimum atomic E-state index is -1.30. The van der Waals surface area contributed by atoms with Gasteiger partial charge >= 0.3 is 0 Å². The Bertz CT molecular complexity index is 223. The fraction of sp³-hybridized carbons (Fsp3) is 1.00. The molecule has 0 aliphatic carbocycles. The summed E-state index contributed by atoms with van der Waals surface area (Å²) >= 11 is 0. The molecule has 0 aromatic rings. The zero-order valence-corrected chi connectivity index (χ0v) is 9.52. The molecule has 1 aliphatic rings. The first-order valence-corrected chi connectivity index (χ1v) is 5.53. The van der Waals surface area contributed by atoms with Crippen molar-refractivity contribution in [2.45, 2.75) is 62.9 Å². The molecular formula is C10H21NO5. The van der Waals surface area contributed by atoms with E-state index in [1.165, 1.54) is 6.92 Å². The molecule has 6 nitrogen and oxygen atoms in total. The van der Waals surface area contributed by atoms with Gasteiger partial charge in [0.15, 0.2) is 0 Å². The average Bonchev–Trinajstić information content (AvgIpc) is 2.25. The lowest BCUT2D eigenvalue weighted by Crippen LogP contribution is -2.63. The molecule has 1 heterocycles. The second kappa shape index (κ2) is 5.39. The zero-order valence-electron chi connectivity index (χ0n) is 9.52. The Morgan fingerprint density at radius 3 is 2.19 bits per heavy atom. The highest BCUT2D eigenvalue weighted by molar-refractivity contribution is 4.96. The molecule has 16 heavy (non-hydrogen) atoms. The highest BCUT2D eigenvalue weighted by Gasteiger charge is 2.45. The molecule has 1 rings (SSSR count). The topological polar surface area (TPSA) is 116 Å². The van der Waals surface area contributed by atoms with Crippen molar-refractivity contribution in [3.8, 4) is 0 Å². The first kappa shape index (κ1) is 13.8. The van der Waals surface area contributed by atoms with Crippen LogP contribution in [-0.4, -0.2) is 63.1 Å². The van der Waals surface area contributed by atoms with Crippen LogP contribution in [0.4, 0.5) is 0 Å². The van der Waals surface area contributed by atoms with Crippen molar-refractivity contribution in [1.29, 1.82) is 0 Å². The third kappa shape index (κ3) is 2.53. The predicted molar refractivity (Wildman–Crippen MR) is 56.6 cm³/mol. The van der Waals surface area contributed by atoms with Crippen LogP contribution in [0.2, 0.25) is 0 Å². The van der Waals surface area contributed by atoms with Gasteiger partial charge in [0.05, 0.1) is 18.2 Å². The number of aliphatic hydroxyl groups is 4. The van der Waals surface area contributed by atoms with Crippen LogP contribution in [0.3, 0.4) is 0 Å². The lowest BCUT2D eigenvalue weighted by atomic mass is 9.89. The third-order valence-electron chi connectivity index (χ3n) is 3.09. The van der Waals surface area contributed by atoms with Crippen molar-refractivity contribution in [3.63, 3.8) is 0 Å². The van der Waals surface area contributed by atoms with E-state index < -0.39 is 42.7 Å². The number of hydrogen-bond donors (Lipinski definition) is 5. The van der Waals surface area contributed by atoms with Gasteiger partial charge in [-0.2, -0.15) is 0 Å². The van der Waals surface area contributed by atoms with Gasteiger partial charge in [0.2, 0.25) is 0 Å². The van der Waals surface area contributed by atoms with Crippen molar-refractivity contribution < 1.29 is 25.2 Å². The number of nitrogens with two attached hydrogens (primary N) is 1. The zero-order chi connectivity index (χ0) is 12.5. The summed E-state index contributed by atoms with van der Waals surface area (Å²) in [6.07, 6.45) is -5.53. The number of ether oxygens (including phenoxy) is 1. The second-order valence-electron chi connectivity index (χ2n) is 4.34. The minimum Gasteiger partial charge on any atom is -0.392 e. The summed E-state index contributed by atoms with van der Waals surface area (Å²) in [5, 5.41) is 38.3. The van der Waals surface area contributed by atoms with Crippen LogP contribution in [0.1, 0.15) is 20.3 Å². The van der Waals surface area contributed by atoms with Crippen LogP contribution in [0.5, 0.6) is 0 Å². The van der Waals surface area contributed by atoms with Crippen LogP contribution in [0, 0.1) is 0 Å². The summed E-state index contributed by atoms with van der Waals surface area (Å²) in [5.74, 6) is 0. The van der Waals surface area contributed by atoms with Gasteiger partial charge in [-0.1, -0.05) is 6.92 Å². The Kier molecular flexibility index (Phi) is 4.66. The van der Waals surface area contributed by atoms with E-state index in [0.717, 1.165) is 0 Å². The van der Waals surface area contributed by atoms with Crippen LogP contribution >= 0.6 is 0 Å². The van der Waals surface area contributed by atoms with Gasteiger partial charge in [-0.15, -0.1) is 0 Å². The van der Waals surface area contributed by atoms with Crippen molar-refractivity contribution in [3.05, 3.63) is 0 Å². The molecule has 96 valence electrons. The average molecular weight is 235 g/mol. The van der Waals surface area contributed by atoms with E-state index >= 15 is 0 Å². The Morgan fingerprint density at radius 2 is 1.75 bits per heavy atom. The molecule has 0 aromatic heterocycles. The smallest absolute Gasteiger partial charge is 0.111 e. The van der Waals surface area contributed by atoms with E-state index in [4.69, 9.17) is 10.5 Å². The summed E-state index contributed by atoms with van der Waals surface area (Å²) in [7, 11) is 0. The van der Waals surface area contributed by atoms with E-state index in [9.17, 15) is 20.4 Å². The number of hydrogen-bond acceptors (Lipinski definition) is 6. The molecule has 1 fully saturated rings. The molecule has 0 spiro atoms. The standard InChI is InChI=1S/C10H21NO5/c1-3-5-7(13)8(14)9(15)10(16-5)6(11)4(2)12/h4-10,12-15H,3,11H2,1-2H3/t4-,5?,6-,7+,8+,9?,10-/m1/s1. The highest BCUT2D eigenvalue weighted by atomic mass is 16.5. The summed E-state index contributed by atoms with van der Waals surface area (Å²) in [4.78, 5) is 0. The van der Waals surface area contributed by atoms with Gasteiger partial charge in [0, 0.05) is 0 Å². The highest BCUT2D eigenvalue weighted by Crippen LogP contribution is 2.25. The minimum absolute atomic E-state index is 0.494. The van der Waals surface area contributed by atoms with E-state index in [1.807, 2.05) is 0 Å². The number of aliphatic hydroxyl groups excluding tert-OH is 4. The van der Waals surface area contributed by atoms with Crippen molar-refractivity contribution in [2.24, 2.45) is 5.73 Å². The van der Waals surface area contributed by atoms with Crippen molar-refractivity contribution in [2.75, 3.05) is 0 Å². The third-order valence-corrected chi connectivity index (χ3v) is 3.09. The molecule has 0 aromatic carbocycles. The molecule has 6 heteroatoms. The molecule has 2 unspecified atom stereocenters. The quantitative estimate of drug-likeness (QED) is 0.385. The van der Waals surface area contributed by atoms with E-state index in [2.05, 4.69) is 0 Å². The predicted octanol–water partition coefficient (Wildman–Crippen LogP) is -2.05. The Labute approximate surface area is 94.6 Å². The SMILES string of the molecule is CCC1O[C@H]([C@H](N)[C@@H](C)O)C(O)[C@@H](O)[C@H]1O. The maximum atomic E-state index is 9.71. The first-order valence-electron chi connectivity index (χ1n) is 5.53. The summed E-state index contributed by atoms with van der Waals surface area (Å²) < 4.78 is 5.41. The molecular weight excluding hydrogens is 214 g/mol. The van der Waals surface area contributed by atoms with Crippen LogP contribution in [0.15, 0.2) is 0 Å². The normalized spacial score (nSPS) is 44.1. The molecule has 0 saturated carbocycles. The molecule has 1 aliphatic heterocycles. The van der Waals surface area contributed by atoms with Gasteiger partial charge in [-0.05, 0) is 13.3 Å². The summed E-state index contributed by atoms with van der Waals surface area (Å²) in [6, 6.07) is -0.800. The largest absolute Gasteiger partial charge is 0.392 e. The monoisotopic (exact) mass is 235 g/mol. The van der Waals surface area contributed by atoms with Crippen molar-refractivity contribution in [1.82, 2.24) is 0 Å². The molecule has 7 atom stereocenters. The molecule has 0 radical (unpaired) electrons. The van der Waals surface area contributed by atoms with Gasteiger partial charge in [-0.3, -0.25) is 0 Å². The lowest BCUT2D eigenvalue weighted by Gasteiger charge is -2.43. The van der Waals surface area contributed by atoms with Gasteiger partial charge in [0.25, 0.3) is 0 Å². The van der Waals surface area contributed by atoms with Gasteiger partial charge in [0.1, 0.15) is 24.4 Å². The van der Waals surface area contributed by atoms with Crippen LogP contribution in [-0.2, 0) is 4.74 Å². The maximum absolute atomic E-state index is 9.71. The molecule has 0 bridgehead atoms. The summed E-state index contributed by atoms with van der Waals surface area (Å²) in [6.45, 7) is 3.28. The number of rotatable bonds is 3. The van der Waals surface area contributed by atoms with Gasteiger partial charge in [-0.25, -0.2) is 0 Å². The fourth-order valence-corrected chi connectivity index (χ4v) is 1.91. The second-order valence-corrected chi connectivity index (χ2v) is 4.34. The first-order chi connectivity index (χ1) is 7.40. The Balaban J connectivity index is 2.78. The summed E-state index contributed by atoms with van der Waals surface area (Å²) in [5.41, 5.74) is 5.68. The molecule has 1 saturated heterocycles. The lowest BCUT2D eigenvalue weighted by molar-refractivity contribution is -0.231. The van der Waals surface area contributed by atoms with Crippen LogP contribution in [0.25, 0.3) is 0 Å². The van der Waals surface area contributed by atoms with Crippen LogP contribution < -0.4 is 5.73 Å². The Morgan fingerprint density at radius 1 is 1.19 bits per heavy atom. The fourth-order valence-electron chi connectivity index (χ4n) is 1.91. The van der Waals surface area contributed by atoms with Crippen molar-refractivity contribution >= 4 is 0 Å². The maximum Gasteiger partial charge on any atom is 0.111 e. The molecule has 0 amide bonds. The molecule has 6 N–H and O–H groups in total.